The smallest absolute Gasteiger partial charge is 0.249 e. The Hall–Kier alpha value is -1.69. The summed E-state index contributed by atoms with van der Waals surface area (Å²) in [5, 5.41) is 8.05. The second-order valence-electron chi connectivity index (χ2n) is 6.49. The Bertz CT molecular complexity index is 610. The molecule has 0 bridgehead atoms. The lowest BCUT2D eigenvalue weighted by Gasteiger charge is -2.21. The highest BCUT2D eigenvalue weighted by Crippen LogP contribution is 2.40. The number of carbonyl (C=O) groups is 1. The van der Waals surface area contributed by atoms with Gasteiger partial charge in [-0.2, -0.15) is 0 Å². The molecule has 6 heteroatoms. The predicted octanol–water partition coefficient (Wildman–Crippen LogP) is 1.82. The summed E-state index contributed by atoms with van der Waals surface area (Å²) in [7, 11) is 0. The van der Waals surface area contributed by atoms with Gasteiger partial charge in [-0.3, -0.25) is 4.79 Å². The molecular formula is C16H21N3O3. The molecule has 1 amide bonds. The van der Waals surface area contributed by atoms with Crippen molar-refractivity contribution < 1.29 is 13.9 Å². The van der Waals surface area contributed by atoms with Gasteiger partial charge in [0, 0.05) is 31.5 Å². The number of ether oxygens (including phenoxy) is 1. The number of rotatable bonds is 2. The monoisotopic (exact) mass is 303 g/mol. The molecule has 22 heavy (non-hydrogen) atoms. The molecule has 2 fully saturated rings. The van der Waals surface area contributed by atoms with Crippen LogP contribution in [0.1, 0.15) is 43.4 Å². The van der Waals surface area contributed by atoms with E-state index in [1.165, 1.54) is 6.42 Å². The van der Waals surface area contributed by atoms with Crippen LogP contribution in [0.3, 0.4) is 0 Å². The third-order valence-corrected chi connectivity index (χ3v) is 5.03. The molecule has 118 valence electrons. The number of allylic oxidation sites excluding steroid dienone is 1. The van der Waals surface area contributed by atoms with E-state index in [-0.39, 0.29) is 23.8 Å². The third-order valence-electron chi connectivity index (χ3n) is 5.03. The normalized spacial score (nSPS) is 31.2. The zero-order chi connectivity index (χ0) is 15.1. The number of aryl methyl sites for hydroxylation is 1. The minimum absolute atomic E-state index is 0.102. The first-order valence-electron chi connectivity index (χ1n) is 8.12. The third kappa shape index (κ3) is 2.35. The van der Waals surface area contributed by atoms with E-state index < -0.39 is 0 Å². The second-order valence-corrected chi connectivity index (χ2v) is 6.49. The number of hydrogen-bond acceptors (Lipinski definition) is 5. The minimum Gasteiger partial charge on any atom is -0.425 e. The van der Waals surface area contributed by atoms with Gasteiger partial charge in [0.25, 0.3) is 0 Å². The SMILES string of the molecule is Cc1nnc([C@H]2CO[C@@H]3CN(C(=O)C4=CCCCC4)C[C@H]23)o1. The van der Waals surface area contributed by atoms with Crippen molar-refractivity contribution in [3.8, 4) is 0 Å². The summed E-state index contributed by atoms with van der Waals surface area (Å²) in [5.41, 5.74) is 0.983. The van der Waals surface area contributed by atoms with Crippen molar-refractivity contribution in [2.75, 3.05) is 19.7 Å². The molecule has 1 aromatic rings. The topological polar surface area (TPSA) is 68.5 Å². The summed E-state index contributed by atoms with van der Waals surface area (Å²) >= 11 is 0. The van der Waals surface area contributed by atoms with Crippen LogP contribution in [0.2, 0.25) is 0 Å². The molecule has 0 unspecified atom stereocenters. The largest absolute Gasteiger partial charge is 0.425 e. The van der Waals surface area contributed by atoms with Gasteiger partial charge in [0.2, 0.25) is 17.7 Å². The molecule has 0 N–H and O–H groups in total. The number of fused-ring (bicyclic) bond motifs is 1. The highest BCUT2D eigenvalue weighted by atomic mass is 16.5. The summed E-state index contributed by atoms with van der Waals surface area (Å²) in [6, 6.07) is 0. The maximum atomic E-state index is 12.6. The van der Waals surface area contributed by atoms with Crippen LogP contribution in [-0.2, 0) is 9.53 Å². The van der Waals surface area contributed by atoms with Crippen LogP contribution in [-0.4, -0.2) is 46.8 Å². The fourth-order valence-electron chi connectivity index (χ4n) is 3.83. The Morgan fingerprint density at radius 2 is 2.23 bits per heavy atom. The number of carbonyl (C=O) groups excluding carboxylic acids is 1. The lowest BCUT2D eigenvalue weighted by atomic mass is 9.93. The van der Waals surface area contributed by atoms with E-state index in [1.54, 1.807) is 6.92 Å². The number of likely N-dealkylation sites (tertiary alicyclic amines) is 1. The van der Waals surface area contributed by atoms with E-state index in [1.807, 2.05) is 4.90 Å². The first kappa shape index (κ1) is 13.9. The summed E-state index contributed by atoms with van der Waals surface area (Å²) < 4.78 is 11.5. The Morgan fingerprint density at radius 1 is 1.32 bits per heavy atom. The van der Waals surface area contributed by atoms with Gasteiger partial charge in [0.15, 0.2) is 0 Å². The van der Waals surface area contributed by atoms with Crippen molar-refractivity contribution >= 4 is 5.91 Å². The van der Waals surface area contributed by atoms with Crippen LogP contribution < -0.4 is 0 Å². The molecule has 3 heterocycles. The van der Waals surface area contributed by atoms with Gasteiger partial charge in [0.05, 0.1) is 18.6 Å². The highest BCUT2D eigenvalue weighted by Gasteiger charge is 2.48. The van der Waals surface area contributed by atoms with Gasteiger partial charge >= 0.3 is 0 Å². The molecule has 3 atom stereocenters. The van der Waals surface area contributed by atoms with Gasteiger partial charge in [0.1, 0.15) is 0 Å². The van der Waals surface area contributed by atoms with Gasteiger partial charge in [-0.1, -0.05) is 6.08 Å². The first-order chi connectivity index (χ1) is 10.7. The molecule has 0 radical (unpaired) electrons. The van der Waals surface area contributed by atoms with Crippen molar-refractivity contribution in [1.29, 1.82) is 0 Å². The Labute approximate surface area is 129 Å². The lowest BCUT2D eigenvalue weighted by molar-refractivity contribution is -0.127. The van der Waals surface area contributed by atoms with Crippen molar-refractivity contribution in [2.24, 2.45) is 5.92 Å². The first-order valence-corrected chi connectivity index (χ1v) is 8.12. The van der Waals surface area contributed by atoms with Crippen LogP contribution >= 0.6 is 0 Å². The summed E-state index contributed by atoms with van der Waals surface area (Å²) in [4.78, 5) is 14.6. The number of hydrogen-bond donors (Lipinski definition) is 0. The van der Waals surface area contributed by atoms with Crippen LogP contribution in [0.25, 0.3) is 0 Å². The van der Waals surface area contributed by atoms with Crippen LogP contribution in [0, 0.1) is 12.8 Å². The number of nitrogens with zero attached hydrogens (tertiary/aromatic N) is 3. The number of aromatic nitrogens is 2. The van der Waals surface area contributed by atoms with E-state index >= 15 is 0 Å². The van der Waals surface area contributed by atoms with Gasteiger partial charge in [-0.25, -0.2) is 0 Å². The Morgan fingerprint density at radius 3 is 2.95 bits per heavy atom. The molecule has 1 aliphatic carbocycles. The highest BCUT2D eigenvalue weighted by molar-refractivity contribution is 5.93. The van der Waals surface area contributed by atoms with Crippen LogP contribution in [0.15, 0.2) is 16.1 Å². The zero-order valence-corrected chi connectivity index (χ0v) is 12.8. The van der Waals surface area contributed by atoms with Crippen molar-refractivity contribution in [3.63, 3.8) is 0 Å². The molecule has 1 aromatic heterocycles. The van der Waals surface area contributed by atoms with Gasteiger partial charge in [-0.15, -0.1) is 10.2 Å². The quantitative estimate of drug-likeness (QED) is 0.833. The second kappa shape index (κ2) is 5.50. The summed E-state index contributed by atoms with van der Waals surface area (Å²) in [6.07, 6.45) is 6.48. The van der Waals surface area contributed by atoms with E-state index in [0.717, 1.165) is 31.4 Å². The maximum absolute atomic E-state index is 12.6. The van der Waals surface area contributed by atoms with Crippen LogP contribution in [0.5, 0.6) is 0 Å². The van der Waals surface area contributed by atoms with E-state index in [4.69, 9.17) is 9.15 Å². The average Bonchev–Trinajstić information content (AvgIpc) is 3.22. The average molecular weight is 303 g/mol. The van der Waals surface area contributed by atoms with E-state index in [9.17, 15) is 4.79 Å². The van der Waals surface area contributed by atoms with Crippen molar-refractivity contribution in [2.45, 2.75) is 44.6 Å². The maximum Gasteiger partial charge on any atom is 0.249 e. The van der Waals surface area contributed by atoms with Crippen molar-refractivity contribution in [3.05, 3.63) is 23.4 Å². The molecule has 2 aliphatic heterocycles. The fraction of sp³-hybridized carbons (Fsp3) is 0.688. The predicted molar refractivity (Wildman–Crippen MR) is 78.1 cm³/mol. The molecule has 4 rings (SSSR count). The standard InChI is InChI=1S/C16H21N3O3/c1-10-17-18-15(22-10)13-9-21-14-8-19(7-12(13)14)16(20)11-5-3-2-4-6-11/h5,12-14H,2-4,6-9H2,1H3/t12-,13+,14-/m1/s1. The molecule has 0 spiro atoms. The Balaban J connectivity index is 1.47. The molecule has 0 saturated carbocycles. The van der Waals surface area contributed by atoms with Crippen molar-refractivity contribution in [1.82, 2.24) is 15.1 Å². The summed E-state index contributed by atoms with van der Waals surface area (Å²) in [5.74, 6) is 1.81. The van der Waals surface area contributed by atoms with E-state index in [2.05, 4.69) is 16.3 Å². The molecular weight excluding hydrogens is 282 g/mol. The molecule has 3 aliphatic rings. The van der Waals surface area contributed by atoms with Gasteiger partial charge in [-0.05, 0) is 25.7 Å². The minimum atomic E-state index is 0.102. The summed E-state index contributed by atoms with van der Waals surface area (Å²) in [6.45, 7) is 3.82. The lowest BCUT2D eigenvalue weighted by Crippen LogP contribution is -2.32. The molecule has 2 saturated heterocycles. The fourth-order valence-corrected chi connectivity index (χ4v) is 3.83. The van der Waals surface area contributed by atoms with E-state index in [0.29, 0.717) is 24.9 Å². The van der Waals surface area contributed by atoms with Crippen LogP contribution in [0.4, 0.5) is 0 Å². The number of amides is 1. The molecule has 0 aromatic carbocycles. The zero-order valence-electron chi connectivity index (χ0n) is 12.8. The van der Waals surface area contributed by atoms with Gasteiger partial charge < -0.3 is 14.1 Å². The Kier molecular flexibility index (Phi) is 3.48. The molecule has 6 nitrogen and oxygen atoms in total.